The van der Waals surface area contributed by atoms with Gasteiger partial charge in [0.1, 0.15) is 0 Å². The molecule has 75 heavy (non-hydrogen) atoms. The lowest BCUT2D eigenvalue weighted by Crippen LogP contribution is -2.31. The van der Waals surface area contributed by atoms with Crippen LogP contribution in [-0.4, -0.2) is 14.1 Å². The largest absolute Gasteiger partial charge is 0.309 e. The van der Waals surface area contributed by atoms with Crippen LogP contribution in [0.4, 0.5) is 0 Å². The molecule has 0 amide bonds. The highest BCUT2D eigenvalue weighted by molar-refractivity contribution is 6.11. The molecule has 0 bridgehead atoms. The lowest BCUT2D eigenvalue weighted by Gasteiger charge is -2.37. The van der Waals surface area contributed by atoms with Crippen LogP contribution in [0, 0.1) is 17.3 Å². The molecule has 2 aliphatic carbocycles. The highest BCUT2D eigenvalue weighted by Crippen LogP contribution is 2.58. The quantitative estimate of drug-likeness (QED) is 0.163. The van der Waals surface area contributed by atoms with E-state index in [1.807, 2.05) is 0 Å². The number of aromatic nitrogens is 3. The fraction of sp³-hybridized carbons (Fsp3) is 0.208. The van der Waals surface area contributed by atoms with Gasteiger partial charge < -0.3 is 9.13 Å². The minimum absolute atomic E-state index is 0.0837. The van der Waals surface area contributed by atoms with E-state index >= 15 is 0 Å². The molecule has 2 unspecified atom stereocenters. The van der Waals surface area contributed by atoms with Crippen LogP contribution in [0.15, 0.2) is 224 Å². The van der Waals surface area contributed by atoms with Crippen molar-refractivity contribution in [1.82, 2.24) is 14.1 Å². The van der Waals surface area contributed by atoms with Crippen molar-refractivity contribution in [2.75, 3.05) is 0 Å². The predicted octanol–water partition coefficient (Wildman–Crippen LogP) is 19.3. The molecule has 0 spiro atoms. The number of pyridine rings is 1. The fourth-order valence-corrected chi connectivity index (χ4v) is 11.7. The maximum absolute atomic E-state index is 5.11. The summed E-state index contributed by atoms with van der Waals surface area (Å²) >= 11 is 0. The van der Waals surface area contributed by atoms with Crippen LogP contribution in [0.3, 0.4) is 0 Å². The summed E-state index contributed by atoms with van der Waals surface area (Å²) in [4.78, 5) is 5.11. The van der Waals surface area contributed by atoms with Crippen LogP contribution >= 0.6 is 0 Å². The average molecular weight is 974 g/mol. The van der Waals surface area contributed by atoms with Crippen molar-refractivity contribution in [3.05, 3.63) is 252 Å². The van der Waals surface area contributed by atoms with Crippen LogP contribution in [0.25, 0.3) is 82.9 Å². The van der Waals surface area contributed by atoms with Crippen LogP contribution < -0.4 is 0 Å². The van der Waals surface area contributed by atoms with Crippen molar-refractivity contribution in [3.8, 4) is 33.8 Å². The van der Waals surface area contributed by atoms with Gasteiger partial charge in [0.2, 0.25) is 0 Å². The minimum Gasteiger partial charge on any atom is -0.309 e. The Morgan fingerprint density at radius 1 is 0.507 bits per heavy atom. The Labute approximate surface area is 443 Å². The van der Waals surface area contributed by atoms with E-state index in [1.54, 1.807) is 0 Å². The molecule has 3 nitrogen and oxygen atoms in total. The zero-order chi connectivity index (χ0) is 51.8. The third kappa shape index (κ3) is 8.16. The highest BCUT2D eigenvalue weighted by Gasteiger charge is 2.48. The van der Waals surface area contributed by atoms with Gasteiger partial charge in [-0.3, -0.25) is 4.98 Å². The topological polar surface area (TPSA) is 22.8 Å². The maximum atomic E-state index is 5.11. The second-order valence-corrected chi connectivity index (χ2v) is 23.6. The van der Waals surface area contributed by atoms with Gasteiger partial charge in [0.15, 0.2) is 0 Å². The molecule has 3 aromatic heterocycles. The summed E-state index contributed by atoms with van der Waals surface area (Å²) in [6.07, 6.45) is 7.83. The molecular weight excluding hydrogens is 907 g/mol. The Kier molecular flexibility index (Phi) is 11.8. The van der Waals surface area contributed by atoms with Gasteiger partial charge in [0, 0.05) is 50.2 Å². The summed E-state index contributed by atoms with van der Waals surface area (Å²) in [7, 11) is 0. The van der Waals surface area contributed by atoms with Gasteiger partial charge in [-0.25, -0.2) is 0 Å². The Bertz CT molecular complexity index is 3960. The molecule has 0 saturated heterocycles. The number of hydrogen-bond donors (Lipinski definition) is 0. The van der Waals surface area contributed by atoms with E-state index < -0.39 is 5.41 Å². The third-order valence-corrected chi connectivity index (χ3v) is 16.7. The van der Waals surface area contributed by atoms with Crippen molar-refractivity contribution in [3.63, 3.8) is 0 Å². The summed E-state index contributed by atoms with van der Waals surface area (Å²) < 4.78 is 4.81. The van der Waals surface area contributed by atoms with E-state index in [4.69, 9.17) is 4.98 Å². The SMILES string of the molecule is CC(C)C(C)(C)C.CC1C=CC2=C(C1)C(c1cccc(-c3ccc(-c4ccc(-n5c6ccccc6c6ccccc65)cc4)nc3)c1)(c1ccc3c(c1)c1ccccc1n3-c1ccc(C(C)(C)C)cc1)c1ccccc12. The van der Waals surface area contributed by atoms with Crippen molar-refractivity contribution in [1.29, 1.82) is 0 Å². The van der Waals surface area contributed by atoms with Gasteiger partial charge in [-0.05, 0) is 140 Å². The summed E-state index contributed by atoms with van der Waals surface area (Å²) in [6, 6.07) is 74.4. The normalized spacial score (nSPS) is 16.5. The molecule has 370 valence electrons. The minimum atomic E-state index is -0.502. The molecular formula is C72H67N3. The van der Waals surface area contributed by atoms with E-state index in [2.05, 4.69) is 290 Å². The van der Waals surface area contributed by atoms with Gasteiger partial charge >= 0.3 is 0 Å². The van der Waals surface area contributed by atoms with Gasteiger partial charge in [-0.15, -0.1) is 0 Å². The first-order chi connectivity index (χ1) is 36.2. The van der Waals surface area contributed by atoms with E-state index in [9.17, 15) is 0 Å². The zero-order valence-corrected chi connectivity index (χ0v) is 45.0. The second kappa shape index (κ2) is 18.4. The van der Waals surface area contributed by atoms with Gasteiger partial charge in [-0.1, -0.05) is 208 Å². The highest BCUT2D eigenvalue weighted by atomic mass is 15.0. The summed E-state index contributed by atoms with van der Waals surface area (Å²) in [6.45, 7) is 20.5. The maximum Gasteiger partial charge on any atom is 0.0702 e. The standard InChI is InChI=1S/C65H51N3.C7H16/c1-42-24-35-52-51-16-5-9-20-57(51)65(58(52)38-42,48-30-37-63-56(40-48)55-19-8-12-23-62(55)68(63)50-33-28-46(29-34-50)64(2,3)4)47-15-13-14-44(39-47)45-27-36-59(66-41-45)43-25-31-49(32-26-43)67-60-21-10-6-17-53(60)54-18-7-11-22-61(54)67;1-6(2)7(3,4)5/h5-37,39-42H,38H2,1-4H3;6H,1-5H3. The van der Waals surface area contributed by atoms with E-state index in [-0.39, 0.29) is 5.41 Å². The smallest absolute Gasteiger partial charge is 0.0702 e. The molecule has 0 radical (unpaired) electrons. The number of allylic oxidation sites excluding steroid dienone is 4. The molecule has 3 heterocycles. The van der Waals surface area contributed by atoms with Gasteiger partial charge in [-0.2, -0.15) is 0 Å². The van der Waals surface area contributed by atoms with Crippen molar-refractivity contribution in [2.45, 2.75) is 79.6 Å². The molecule has 0 fully saturated rings. The van der Waals surface area contributed by atoms with Crippen molar-refractivity contribution >= 4 is 49.2 Å². The first-order valence-electron chi connectivity index (χ1n) is 27.0. The van der Waals surface area contributed by atoms with Crippen molar-refractivity contribution < 1.29 is 0 Å². The van der Waals surface area contributed by atoms with Crippen LogP contribution in [0.5, 0.6) is 0 Å². The molecule has 8 aromatic carbocycles. The molecule has 11 aromatic rings. The summed E-state index contributed by atoms with van der Waals surface area (Å²) in [5.41, 5.74) is 21.0. The lowest BCUT2D eigenvalue weighted by atomic mass is 9.64. The van der Waals surface area contributed by atoms with E-state index in [0.717, 1.165) is 40.4 Å². The first-order valence-corrected chi connectivity index (χ1v) is 27.0. The average Bonchev–Trinajstić information content (AvgIpc) is 4.09. The van der Waals surface area contributed by atoms with E-state index in [1.165, 1.54) is 88.3 Å². The van der Waals surface area contributed by atoms with Gasteiger partial charge in [0.25, 0.3) is 0 Å². The Morgan fingerprint density at radius 3 is 1.63 bits per heavy atom. The zero-order valence-electron chi connectivity index (χ0n) is 45.0. The monoisotopic (exact) mass is 974 g/mol. The Morgan fingerprint density at radius 2 is 1.04 bits per heavy atom. The molecule has 0 aliphatic heterocycles. The Hall–Kier alpha value is -8.01. The van der Waals surface area contributed by atoms with Crippen molar-refractivity contribution in [2.24, 2.45) is 17.3 Å². The second-order valence-electron chi connectivity index (χ2n) is 23.6. The van der Waals surface area contributed by atoms with Crippen LogP contribution in [-0.2, 0) is 10.8 Å². The number of para-hydroxylation sites is 3. The number of fused-ring (bicyclic) bond motifs is 8. The van der Waals surface area contributed by atoms with Crippen LogP contribution in [0.1, 0.15) is 96.6 Å². The van der Waals surface area contributed by atoms with E-state index in [0.29, 0.717) is 11.3 Å². The lowest BCUT2D eigenvalue weighted by molar-refractivity contribution is 0.283. The molecule has 0 N–H and O–H groups in total. The third-order valence-electron chi connectivity index (χ3n) is 16.7. The number of benzene rings is 8. The molecule has 0 saturated carbocycles. The number of rotatable bonds is 6. The van der Waals surface area contributed by atoms with Gasteiger partial charge in [0.05, 0.1) is 33.2 Å². The summed E-state index contributed by atoms with van der Waals surface area (Å²) in [5, 5.41) is 5.06. The molecule has 13 rings (SSSR count). The summed E-state index contributed by atoms with van der Waals surface area (Å²) in [5.74, 6) is 1.22. The Balaban J connectivity index is 0.000000762. The molecule has 3 heteroatoms. The number of nitrogens with zero attached hydrogens (tertiary/aromatic N) is 3. The number of hydrogen-bond acceptors (Lipinski definition) is 1. The fourth-order valence-electron chi connectivity index (χ4n) is 11.7. The predicted molar refractivity (Wildman–Crippen MR) is 319 cm³/mol. The molecule has 2 aliphatic rings. The first kappa shape index (κ1) is 48.0. The van der Waals surface area contributed by atoms with Crippen LogP contribution in [0.2, 0.25) is 0 Å². The molecule has 2 atom stereocenters.